The summed E-state index contributed by atoms with van der Waals surface area (Å²) in [6.45, 7) is 7.08. The molecule has 1 aliphatic heterocycles. The van der Waals surface area contributed by atoms with E-state index in [1.54, 1.807) is 6.20 Å². The van der Waals surface area contributed by atoms with Crippen molar-refractivity contribution in [1.29, 1.82) is 0 Å². The number of ether oxygens (including phenoxy) is 1. The van der Waals surface area contributed by atoms with Crippen LogP contribution in [0.25, 0.3) is 11.0 Å². The molecule has 1 atom stereocenters. The number of aromatic nitrogens is 2. The number of H-pyrrole nitrogens is 1. The first kappa shape index (κ1) is 22.9. The first-order chi connectivity index (χ1) is 15.2. The lowest BCUT2D eigenvalue weighted by Crippen LogP contribution is -2.49. The molecule has 3 N–H and O–H groups in total. The molecule has 4 rings (SSSR count). The lowest BCUT2D eigenvalue weighted by atomic mass is 10.0. The molecule has 2 amide bonds. The van der Waals surface area contributed by atoms with Crippen molar-refractivity contribution >= 4 is 50.3 Å². The summed E-state index contributed by atoms with van der Waals surface area (Å²) >= 11 is 3.67. The van der Waals surface area contributed by atoms with Crippen molar-refractivity contribution in [3.8, 4) is 0 Å². The van der Waals surface area contributed by atoms with E-state index in [9.17, 15) is 9.59 Å². The average molecular weight is 506 g/mol. The van der Waals surface area contributed by atoms with Crippen LogP contribution in [-0.4, -0.2) is 46.7 Å². The van der Waals surface area contributed by atoms with Gasteiger partial charge in [-0.15, -0.1) is 0 Å². The second-order valence-corrected chi connectivity index (χ2v) is 10.6. The van der Waals surface area contributed by atoms with Crippen molar-refractivity contribution in [1.82, 2.24) is 15.3 Å². The van der Waals surface area contributed by atoms with Gasteiger partial charge in [-0.2, -0.15) is 0 Å². The van der Waals surface area contributed by atoms with E-state index >= 15 is 0 Å². The maximum absolute atomic E-state index is 12.8. The molecule has 2 aliphatic rings. The Labute approximate surface area is 197 Å². The highest BCUT2D eigenvalue weighted by Gasteiger charge is 2.29. The minimum Gasteiger partial charge on any atom is -0.444 e. The van der Waals surface area contributed by atoms with Gasteiger partial charge in [0.25, 0.3) is 0 Å². The first-order valence-electron chi connectivity index (χ1n) is 11.4. The zero-order valence-corrected chi connectivity index (χ0v) is 20.5. The Balaban J connectivity index is 1.56. The number of piperidine rings is 1. The molecule has 2 aromatic heterocycles. The zero-order valence-electron chi connectivity index (χ0n) is 19.0. The third-order valence-corrected chi connectivity index (χ3v) is 6.65. The Bertz CT molecular complexity index is 993. The Morgan fingerprint density at radius 1 is 1.22 bits per heavy atom. The molecule has 3 heterocycles. The van der Waals surface area contributed by atoms with Gasteiger partial charge in [0.15, 0.2) is 0 Å². The third kappa shape index (κ3) is 5.19. The van der Waals surface area contributed by atoms with E-state index < -0.39 is 11.7 Å². The highest BCUT2D eigenvalue weighted by molar-refractivity contribution is 9.10. The summed E-state index contributed by atoms with van der Waals surface area (Å²) in [7, 11) is 0. The van der Waals surface area contributed by atoms with Gasteiger partial charge in [-0.25, -0.2) is 9.78 Å². The van der Waals surface area contributed by atoms with Crippen LogP contribution in [0, 0.1) is 5.92 Å². The van der Waals surface area contributed by atoms with E-state index in [0.717, 1.165) is 72.0 Å². The third-order valence-electron chi connectivity index (χ3n) is 6.07. The molecule has 9 heteroatoms. The van der Waals surface area contributed by atoms with Gasteiger partial charge in [0, 0.05) is 37.4 Å². The molecule has 0 bridgehead atoms. The van der Waals surface area contributed by atoms with Crippen molar-refractivity contribution in [2.24, 2.45) is 5.92 Å². The van der Waals surface area contributed by atoms with E-state index in [1.165, 1.54) is 0 Å². The second kappa shape index (κ2) is 9.29. The van der Waals surface area contributed by atoms with Gasteiger partial charge in [-0.1, -0.05) is 12.8 Å². The van der Waals surface area contributed by atoms with Crippen LogP contribution in [0.5, 0.6) is 0 Å². The van der Waals surface area contributed by atoms with Crippen LogP contribution in [0.2, 0.25) is 0 Å². The molecule has 1 aliphatic carbocycles. The molecule has 32 heavy (non-hydrogen) atoms. The minimum atomic E-state index is -0.531. The Kier molecular flexibility index (Phi) is 6.65. The number of nitrogens with one attached hydrogen (secondary N) is 3. The standard InChI is InChI=1S/C23H32BrN5O3/c1-23(2,3)32-22(31)27-15-9-6-10-29(13-15)19-16(24)11-25-20-18(19)17(12-26-20)28-21(30)14-7-4-5-8-14/h11-12,14-15H,4-10,13H2,1-3H3,(H,25,26)(H,27,31)(H,28,30)/t15-/m1/s1. The number of anilines is 2. The first-order valence-corrected chi connectivity index (χ1v) is 12.2. The molecular formula is C23H32BrN5O3. The van der Waals surface area contributed by atoms with Crippen LogP contribution in [0.1, 0.15) is 59.3 Å². The molecule has 2 aromatic rings. The lowest BCUT2D eigenvalue weighted by molar-refractivity contribution is -0.119. The molecule has 0 unspecified atom stereocenters. The van der Waals surface area contributed by atoms with Crippen molar-refractivity contribution in [3.05, 3.63) is 16.9 Å². The molecule has 0 radical (unpaired) electrons. The zero-order chi connectivity index (χ0) is 22.9. The average Bonchev–Trinajstić information content (AvgIpc) is 3.37. The van der Waals surface area contributed by atoms with Crippen molar-refractivity contribution in [3.63, 3.8) is 0 Å². The van der Waals surface area contributed by atoms with Crippen molar-refractivity contribution in [2.75, 3.05) is 23.3 Å². The quantitative estimate of drug-likeness (QED) is 0.545. The van der Waals surface area contributed by atoms with E-state index in [2.05, 4.69) is 41.4 Å². The number of rotatable bonds is 4. The summed E-state index contributed by atoms with van der Waals surface area (Å²) in [6.07, 6.45) is 9.16. The molecule has 2 fully saturated rings. The Morgan fingerprint density at radius 2 is 1.97 bits per heavy atom. The summed E-state index contributed by atoms with van der Waals surface area (Å²) in [5.41, 5.74) is 1.93. The van der Waals surface area contributed by atoms with E-state index in [1.807, 2.05) is 27.0 Å². The van der Waals surface area contributed by atoms with Crippen LogP contribution in [0.4, 0.5) is 16.2 Å². The number of aromatic amines is 1. The summed E-state index contributed by atoms with van der Waals surface area (Å²) in [6, 6.07) is -0.0239. The fourth-order valence-electron chi connectivity index (χ4n) is 4.66. The molecule has 0 aromatic carbocycles. The van der Waals surface area contributed by atoms with Crippen LogP contribution >= 0.6 is 15.9 Å². The second-order valence-electron chi connectivity index (χ2n) is 9.78. The number of pyridine rings is 1. The fraction of sp³-hybridized carbons (Fsp3) is 0.609. The topological polar surface area (TPSA) is 99.3 Å². The number of fused-ring (bicyclic) bond motifs is 1. The molecular weight excluding hydrogens is 474 g/mol. The number of amides is 2. The molecule has 1 saturated carbocycles. The van der Waals surface area contributed by atoms with Crippen LogP contribution in [-0.2, 0) is 9.53 Å². The normalized spacial score (nSPS) is 19.9. The predicted octanol–water partition coefficient (Wildman–Crippen LogP) is 4.95. The van der Waals surface area contributed by atoms with Gasteiger partial charge in [0.1, 0.15) is 11.2 Å². The van der Waals surface area contributed by atoms with Gasteiger partial charge in [-0.05, 0) is 62.4 Å². The highest BCUT2D eigenvalue weighted by Crippen LogP contribution is 2.39. The number of halogens is 1. The van der Waals surface area contributed by atoms with E-state index in [4.69, 9.17) is 4.74 Å². The predicted molar refractivity (Wildman–Crippen MR) is 129 cm³/mol. The van der Waals surface area contributed by atoms with E-state index in [-0.39, 0.29) is 17.9 Å². The van der Waals surface area contributed by atoms with Gasteiger partial charge in [0.05, 0.1) is 21.2 Å². The van der Waals surface area contributed by atoms with Crippen LogP contribution in [0.15, 0.2) is 16.9 Å². The Hall–Kier alpha value is -2.29. The SMILES string of the molecule is CC(C)(C)OC(=O)N[C@@H]1CCCN(c2c(Br)cnc3[nH]cc(NC(=O)C4CCCC4)c23)C1. The smallest absolute Gasteiger partial charge is 0.407 e. The van der Waals surface area contributed by atoms with Gasteiger partial charge >= 0.3 is 6.09 Å². The van der Waals surface area contributed by atoms with Crippen molar-refractivity contribution in [2.45, 2.75) is 70.9 Å². The fourth-order valence-corrected chi connectivity index (χ4v) is 5.21. The number of hydrogen-bond acceptors (Lipinski definition) is 5. The summed E-state index contributed by atoms with van der Waals surface area (Å²) < 4.78 is 6.29. The van der Waals surface area contributed by atoms with Crippen LogP contribution in [0.3, 0.4) is 0 Å². The number of alkyl carbamates (subject to hydrolysis) is 1. The number of carbonyl (C=O) groups is 2. The number of carbonyl (C=O) groups excluding carboxylic acids is 2. The maximum atomic E-state index is 12.8. The van der Waals surface area contributed by atoms with Gasteiger partial charge in [0.2, 0.25) is 5.91 Å². The van der Waals surface area contributed by atoms with Gasteiger partial charge in [-0.3, -0.25) is 4.79 Å². The lowest BCUT2D eigenvalue weighted by Gasteiger charge is -2.36. The summed E-state index contributed by atoms with van der Waals surface area (Å²) in [5.74, 6) is 0.165. The Morgan fingerprint density at radius 3 is 2.69 bits per heavy atom. The molecule has 1 saturated heterocycles. The molecule has 8 nitrogen and oxygen atoms in total. The number of hydrogen-bond donors (Lipinski definition) is 3. The minimum absolute atomic E-state index is 0.0239. The van der Waals surface area contributed by atoms with Crippen molar-refractivity contribution < 1.29 is 14.3 Å². The monoisotopic (exact) mass is 505 g/mol. The molecule has 0 spiro atoms. The largest absolute Gasteiger partial charge is 0.444 e. The highest BCUT2D eigenvalue weighted by atomic mass is 79.9. The molecule has 174 valence electrons. The van der Waals surface area contributed by atoms with Gasteiger partial charge < -0.3 is 25.3 Å². The number of nitrogens with zero attached hydrogens (tertiary/aromatic N) is 2. The van der Waals surface area contributed by atoms with E-state index in [0.29, 0.717) is 6.54 Å². The van der Waals surface area contributed by atoms with Crippen LogP contribution < -0.4 is 15.5 Å². The summed E-state index contributed by atoms with van der Waals surface area (Å²) in [5, 5.41) is 7.04. The summed E-state index contributed by atoms with van der Waals surface area (Å²) in [4.78, 5) is 35.0. The maximum Gasteiger partial charge on any atom is 0.407 e.